The average molecular weight is 328 g/mol. The van der Waals surface area contributed by atoms with Crippen molar-refractivity contribution in [2.24, 2.45) is 12.0 Å². The van der Waals surface area contributed by atoms with E-state index in [-0.39, 0.29) is 6.04 Å². The maximum atomic E-state index is 5.77. The lowest BCUT2D eigenvalue weighted by molar-refractivity contribution is 0.312. The minimum Gasteiger partial charge on any atom is -0.493 e. The van der Waals surface area contributed by atoms with E-state index in [1.807, 2.05) is 30.7 Å². The molecule has 0 spiro atoms. The number of fused-ring (bicyclic) bond motifs is 1. The smallest absolute Gasteiger partial charge is 0.191 e. The number of hydrogen-bond acceptors (Lipinski definition) is 4. The van der Waals surface area contributed by atoms with E-state index in [2.05, 4.69) is 44.9 Å². The number of benzene rings is 1. The van der Waals surface area contributed by atoms with E-state index >= 15 is 0 Å². The largest absolute Gasteiger partial charge is 0.493 e. The molecule has 0 aliphatic carbocycles. The Bertz CT molecular complexity index is 738. The van der Waals surface area contributed by atoms with Crippen molar-refractivity contribution in [3.8, 4) is 5.75 Å². The summed E-state index contributed by atoms with van der Waals surface area (Å²) in [7, 11) is 3.72. The molecule has 7 nitrogen and oxygen atoms in total. The summed E-state index contributed by atoms with van der Waals surface area (Å²) in [5.41, 5.74) is 1.25. The third kappa shape index (κ3) is 3.20. The highest BCUT2D eigenvalue weighted by molar-refractivity contribution is 5.80. The van der Waals surface area contributed by atoms with Crippen LogP contribution in [0.2, 0.25) is 0 Å². The van der Waals surface area contributed by atoms with Gasteiger partial charge in [-0.3, -0.25) is 4.99 Å². The molecule has 1 aromatic carbocycles. The Morgan fingerprint density at radius 2 is 2.21 bits per heavy atom. The number of nitrogens with zero attached hydrogens (tertiary/aromatic N) is 4. The second-order valence-corrected chi connectivity index (χ2v) is 6.04. The maximum Gasteiger partial charge on any atom is 0.191 e. The topological polar surface area (TPSA) is 76.4 Å². The van der Waals surface area contributed by atoms with E-state index in [1.165, 1.54) is 5.56 Å². The summed E-state index contributed by atoms with van der Waals surface area (Å²) < 4.78 is 7.74. The van der Waals surface area contributed by atoms with Gasteiger partial charge in [0.2, 0.25) is 0 Å². The molecular weight excluding hydrogens is 304 g/mol. The van der Waals surface area contributed by atoms with Gasteiger partial charge in [0.15, 0.2) is 11.8 Å². The summed E-state index contributed by atoms with van der Waals surface area (Å²) in [6, 6.07) is 8.40. The third-order valence-electron chi connectivity index (χ3n) is 4.53. The van der Waals surface area contributed by atoms with Crippen LogP contribution in [0.3, 0.4) is 0 Å². The first-order valence-electron chi connectivity index (χ1n) is 8.14. The van der Waals surface area contributed by atoms with Crippen molar-refractivity contribution in [1.82, 2.24) is 25.4 Å². The van der Waals surface area contributed by atoms with Crippen LogP contribution in [-0.4, -0.2) is 40.4 Å². The number of aromatic nitrogens is 3. The molecule has 0 radical (unpaired) electrons. The molecule has 2 N–H and O–H groups in total. The van der Waals surface area contributed by atoms with Crippen molar-refractivity contribution in [3.63, 3.8) is 0 Å². The SMILES string of the molecule is CN=C(NCc1nnc(C)n1C)NC(C)C1COc2ccccc21. The molecule has 24 heavy (non-hydrogen) atoms. The van der Waals surface area contributed by atoms with Crippen LogP contribution in [0.15, 0.2) is 29.3 Å². The van der Waals surface area contributed by atoms with E-state index in [0.717, 1.165) is 23.4 Å². The quantitative estimate of drug-likeness (QED) is 0.654. The molecule has 1 aromatic heterocycles. The molecule has 2 unspecified atom stereocenters. The third-order valence-corrected chi connectivity index (χ3v) is 4.53. The Kier molecular flexibility index (Phi) is 4.69. The number of guanidine groups is 1. The Morgan fingerprint density at radius 1 is 1.42 bits per heavy atom. The minimum absolute atomic E-state index is 0.195. The number of nitrogens with one attached hydrogen (secondary N) is 2. The zero-order valence-corrected chi connectivity index (χ0v) is 14.6. The number of ether oxygens (including phenoxy) is 1. The molecule has 1 aliphatic rings. The molecule has 2 aromatic rings. The molecule has 128 valence electrons. The fourth-order valence-corrected chi connectivity index (χ4v) is 2.88. The normalized spacial score (nSPS) is 18.0. The summed E-state index contributed by atoms with van der Waals surface area (Å²) in [6.45, 7) is 5.34. The van der Waals surface area contributed by atoms with E-state index in [9.17, 15) is 0 Å². The standard InChI is InChI=1S/C17H24N6O/c1-11(14-10-24-15-8-6-5-7-13(14)15)20-17(18-3)19-9-16-22-21-12(2)23(16)4/h5-8,11,14H,9-10H2,1-4H3,(H2,18,19,20). The highest BCUT2D eigenvalue weighted by atomic mass is 16.5. The van der Waals surface area contributed by atoms with Crippen LogP contribution in [0.25, 0.3) is 0 Å². The molecule has 2 atom stereocenters. The summed E-state index contributed by atoms with van der Waals surface area (Å²) in [5, 5.41) is 15.0. The monoisotopic (exact) mass is 328 g/mol. The Balaban J connectivity index is 1.61. The van der Waals surface area contributed by atoms with Gasteiger partial charge in [-0.2, -0.15) is 0 Å². The molecule has 0 saturated heterocycles. The highest BCUT2D eigenvalue weighted by Crippen LogP contribution is 2.35. The van der Waals surface area contributed by atoms with Gasteiger partial charge in [0, 0.05) is 31.6 Å². The van der Waals surface area contributed by atoms with E-state index in [0.29, 0.717) is 19.1 Å². The Morgan fingerprint density at radius 3 is 2.92 bits per heavy atom. The predicted molar refractivity (Wildman–Crippen MR) is 93.2 cm³/mol. The Hall–Kier alpha value is -2.57. The number of aryl methyl sites for hydroxylation is 1. The van der Waals surface area contributed by atoms with Crippen LogP contribution in [0.5, 0.6) is 5.75 Å². The van der Waals surface area contributed by atoms with E-state index in [4.69, 9.17) is 4.74 Å². The van der Waals surface area contributed by atoms with Crippen molar-refractivity contribution >= 4 is 5.96 Å². The first-order chi connectivity index (χ1) is 11.6. The molecular formula is C17H24N6O. The second-order valence-electron chi connectivity index (χ2n) is 6.04. The highest BCUT2D eigenvalue weighted by Gasteiger charge is 2.29. The van der Waals surface area contributed by atoms with Crippen molar-refractivity contribution in [2.45, 2.75) is 32.4 Å². The lowest BCUT2D eigenvalue weighted by atomic mass is 9.94. The van der Waals surface area contributed by atoms with Crippen molar-refractivity contribution in [3.05, 3.63) is 41.5 Å². The molecule has 1 aliphatic heterocycles. The van der Waals surface area contributed by atoms with Gasteiger partial charge in [-0.15, -0.1) is 10.2 Å². The average Bonchev–Trinajstić information content (AvgIpc) is 3.16. The first-order valence-corrected chi connectivity index (χ1v) is 8.14. The zero-order chi connectivity index (χ0) is 17.1. The van der Waals surface area contributed by atoms with Gasteiger partial charge in [-0.1, -0.05) is 18.2 Å². The molecule has 0 saturated carbocycles. The van der Waals surface area contributed by atoms with Crippen LogP contribution in [0, 0.1) is 6.92 Å². The van der Waals surface area contributed by atoms with Crippen molar-refractivity contribution in [2.75, 3.05) is 13.7 Å². The number of hydrogen-bond donors (Lipinski definition) is 2. The van der Waals surface area contributed by atoms with E-state index < -0.39 is 0 Å². The lowest BCUT2D eigenvalue weighted by Gasteiger charge is -2.22. The van der Waals surface area contributed by atoms with Crippen LogP contribution in [0.4, 0.5) is 0 Å². The van der Waals surface area contributed by atoms with Gasteiger partial charge in [-0.25, -0.2) is 0 Å². The molecule has 0 amide bonds. The van der Waals surface area contributed by atoms with Crippen LogP contribution < -0.4 is 15.4 Å². The fraction of sp³-hybridized carbons (Fsp3) is 0.471. The molecule has 7 heteroatoms. The van der Waals surface area contributed by atoms with Gasteiger partial charge >= 0.3 is 0 Å². The molecule has 0 bridgehead atoms. The molecule has 3 rings (SSSR count). The number of rotatable bonds is 4. The van der Waals surface area contributed by atoms with Gasteiger partial charge < -0.3 is 19.9 Å². The summed E-state index contributed by atoms with van der Waals surface area (Å²) in [4.78, 5) is 4.30. The summed E-state index contributed by atoms with van der Waals surface area (Å²) in [5.74, 6) is 3.79. The van der Waals surface area contributed by atoms with Crippen LogP contribution in [-0.2, 0) is 13.6 Å². The minimum atomic E-state index is 0.195. The first kappa shape index (κ1) is 16.3. The number of aliphatic imine (C=N–C) groups is 1. The van der Waals surface area contributed by atoms with E-state index in [1.54, 1.807) is 7.05 Å². The summed E-state index contributed by atoms with van der Waals surface area (Å²) >= 11 is 0. The second kappa shape index (κ2) is 6.90. The van der Waals surface area contributed by atoms with Crippen LogP contribution in [0.1, 0.15) is 30.1 Å². The summed E-state index contributed by atoms with van der Waals surface area (Å²) in [6.07, 6.45) is 0. The molecule has 2 heterocycles. The fourth-order valence-electron chi connectivity index (χ4n) is 2.88. The number of para-hydroxylation sites is 1. The Labute approximate surface area is 142 Å². The lowest BCUT2D eigenvalue weighted by Crippen LogP contribution is -2.44. The predicted octanol–water partition coefficient (Wildman–Crippen LogP) is 1.35. The van der Waals surface area contributed by atoms with Crippen molar-refractivity contribution < 1.29 is 4.74 Å². The van der Waals surface area contributed by atoms with Crippen LogP contribution >= 0.6 is 0 Å². The van der Waals surface area contributed by atoms with Gasteiger partial charge in [0.05, 0.1) is 13.2 Å². The van der Waals surface area contributed by atoms with Gasteiger partial charge in [-0.05, 0) is 19.9 Å². The molecule has 0 fully saturated rings. The zero-order valence-electron chi connectivity index (χ0n) is 14.6. The van der Waals surface area contributed by atoms with Crippen molar-refractivity contribution in [1.29, 1.82) is 0 Å². The maximum absolute atomic E-state index is 5.77. The van der Waals surface area contributed by atoms with Gasteiger partial charge in [0.25, 0.3) is 0 Å². The van der Waals surface area contributed by atoms with Gasteiger partial charge in [0.1, 0.15) is 11.6 Å².